The summed E-state index contributed by atoms with van der Waals surface area (Å²) in [6.07, 6.45) is 3.08. The Balaban J connectivity index is 1.25. The van der Waals surface area contributed by atoms with E-state index in [1.165, 1.54) is 0 Å². The van der Waals surface area contributed by atoms with E-state index < -0.39 is 18.0 Å². The molecule has 3 aliphatic heterocycles. The number of rotatable bonds is 5. The van der Waals surface area contributed by atoms with Crippen molar-refractivity contribution < 1.29 is 14.4 Å². The van der Waals surface area contributed by atoms with E-state index in [0.29, 0.717) is 31.6 Å². The normalized spacial score (nSPS) is 31.7. The number of nitrogens with zero attached hydrogens (tertiary/aromatic N) is 4. The summed E-state index contributed by atoms with van der Waals surface area (Å²) in [5.74, 6) is -0.263. The molecule has 0 saturated carbocycles. The van der Waals surface area contributed by atoms with Crippen molar-refractivity contribution in [2.45, 2.75) is 62.8 Å². The molecule has 2 bridgehead atoms. The van der Waals surface area contributed by atoms with Crippen LogP contribution in [-0.4, -0.2) is 76.2 Å². The molecule has 3 saturated heterocycles. The van der Waals surface area contributed by atoms with E-state index in [4.69, 9.17) is 11.5 Å². The molecule has 0 spiro atoms. The average Bonchev–Trinajstić information content (AvgIpc) is 3.54. The van der Waals surface area contributed by atoms with Gasteiger partial charge in [-0.2, -0.15) is 5.26 Å². The van der Waals surface area contributed by atoms with Crippen LogP contribution in [0.2, 0.25) is 0 Å². The molecule has 4 unspecified atom stereocenters. The molecule has 3 amide bonds. The zero-order valence-electron chi connectivity index (χ0n) is 18.8. The maximum atomic E-state index is 13.3. The topological polar surface area (TPSA) is 137 Å². The predicted octanol–water partition coefficient (Wildman–Crippen LogP) is 0.146. The second-order valence-corrected chi connectivity index (χ2v) is 10.0. The molecule has 6 atom stereocenters. The van der Waals surface area contributed by atoms with Crippen LogP contribution in [0.1, 0.15) is 53.7 Å². The number of piperazine rings is 1. The second-order valence-electron chi connectivity index (χ2n) is 10.0. The molecule has 5 rings (SSSR count). The Labute approximate surface area is 193 Å². The molecule has 4 N–H and O–H groups in total. The average molecular weight is 451 g/mol. The van der Waals surface area contributed by atoms with Crippen LogP contribution in [0.3, 0.4) is 0 Å². The minimum absolute atomic E-state index is 0.0179. The van der Waals surface area contributed by atoms with Crippen molar-refractivity contribution in [2.75, 3.05) is 19.6 Å². The number of likely N-dealkylation sites (tertiary alicyclic amines) is 3. The molecule has 4 aliphatic rings. The number of primary amides is 1. The number of carbonyl (C=O) groups excluding carboxylic acids is 3. The van der Waals surface area contributed by atoms with Crippen molar-refractivity contribution in [3.05, 3.63) is 34.9 Å². The molecular formula is C24H30N6O3. The van der Waals surface area contributed by atoms with Crippen LogP contribution in [0, 0.1) is 17.2 Å². The number of carbonyl (C=O) groups is 3. The lowest BCUT2D eigenvalue weighted by Gasteiger charge is -2.38. The summed E-state index contributed by atoms with van der Waals surface area (Å²) < 4.78 is 0. The number of hydrogen-bond acceptors (Lipinski definition) is 6. The Bertz CT molecular complexity index is 1050. The summed E-state index contributed by atoms with van der Waals surface area (Å²) in [7, 11) is 0. The van der Waals surface area contributed by atoms with Gasteiger partial charge in [-0.15, -0.1) is 0 Å². The van der Waals surface area contributed by atoms with Crippen molar-refractivity contribution in [3.63, 3.8) is 0 Å². The van der Waals surface area contributed by atoms with E-state index in [1.54, 1.807) is 11.0 Å². The van der Waals surface area contributed by atoms with Gasteiger partial charge in [-0.1, -0.05) is 13.0 Å². The number of amides is 3. The third-order valence-electron chi connectivity index (χ3n) is 7.81. The molecule has 1 aromatic carbocycles. The molecule has 9 nitrogen and oxygen atoms in total. The lowest BCUT2D eigenvalue weighted by Crippen LogP contribution is -2.56. The number of benzene rings is 1. The van der Waals surface area contributed by atoms with Crippen molar-refractivity contribution in [1.29, 1.82) is 5.26 Å². The minimum Gasteiger partial charge on any atom is -0.366 e. The molecule has 3 heterocycles. The Morgan fingerprint density at radius 1 is 1.24 bits per heavy atom. The predicted molar refractivity (Wildman–Crippen MR) is 120 cm³/mol. The first-order chi connectivity index (χ1) is 15.8. The van der Waals surface area contributed by atoms with Crippen LogP contribution >= 0.6 is 0 Å². The largest absolute Gasteiger partial charge is 0.366 e. The van der Waals surface area contributed by atoms with E-state index in [1.807, 2.05) is 28.9 Å². The van der Waals surface area contributed by atoms with Gasteiger partial charge in [-0.3, -0.25) is 19.3 Å². The van der Waals surface area contributed by atoms with Crippen molar-refractivity contribution in [1.82, 2.24) is 14.7 Å². The maximum absolute atomic E-state index is 13.3. The van der Waals surface area contributed by atoms with Gasteiger partial charge in [0.1, 0.15) is 6.04 Å². The summed E-state index contributed by atoms with van der Waals surface area (Å²) in [4.78, 5) is 43.4. The van der Waals surface area contributed by atoms with Gasteiger partial charge in [-0.25, -0.2) is 0 Å². The summed E-state index contributed by atoms with van der Waals surface area (Å²) in [6, 6.07) is 6.43. The highest BCUT2D eigenvalue weighted by Crippen LogP contribution is 2.44. The van der Waals surface area contributed by atoms with Crippen LogP contribution in [0.15, 0.2) is 18.2 Å². The molecule has 174 valence electrons. The Morgan fingerprint density at radius 3 is 2.73 bits per heavy atom. The van der Waals surface area contributed by atoms with Crippen LogP contribution < -0.4 is 11.5 Å². The highest BCUT2D eigenvalue weighted by Gasteiger charge is 2.53. The molecule has 1 aliphatic carbocycles. The number of nitriles is 1. The van der Waals surface area contributed by atoms with E-state index >= 15 is 0 Å². The Kier molecular flexibility index (Phi) is 5.38. The van der Waals surface area contributed by atoms with Gasteiger partial charge >= 0.3 is 0 Å². The fraction of sp³-hybridized carbons (Fsp3) is 0.583. The highest BCUT2D eigenvalue weighted by molar-refractivity contribution is 5.93. The van der Waals surface area contributed by atoms with Crippen molar-refractivity contribution in [2.24, 2.45) is 17.4 Å². The molecule has 3 fully saturated rings. The van der Waals surface area contributed by atoms with Crippen LogP contribution in [0.25, 0.3) is 0 Å². The summed E-state index contributed by atoms with van der Waals surface area (Å²) in [5, 5.41) is 9.37. The SMILES string of the molecule is CC1CC(C#N)N(C(=O)C(N)CN2C[C@@H]3CC2C(=O)N3[C@H]2CCc3cc(C(N)=O)ccc32)C1. The third kappa shape index (κ3) is 3.58. The van der Waals surface area contributed by atoms with Gasteiger partial charge in [0.25, 0.3) is 0 Å². The number of nitrogens with two attached hydrogens (primary N) is 2. The molecule has 9 heteroatoms. The van der Waals surface area contributed by atoms with Crippen LogP contribution in [0.4, 0.5) is 0 Å². The monoisotopic (exact) mass is 450 g/mol. The number of aryl methyl sites for hydroxylation is 1. The molecule has 33 heavy (non-hydrogen) atoms. The molecule has 0 radical (unpaired) electrons. The van der Waals surface area contributed by atoms with Crippen LogP contribution in [0.5, 0.6) is 0 Å². The van der Waals surface area contributed by atoms with Gasteiger partial charge in [0.2, 0.25) is 17.7 Å². The molecule has 0 aromatic heterocycles. The third-order valence-corrected chi connectivity index (χ3v) is 7.81. The lowest BCUT2D eigenvalue weighted by atomic mass is 10.0. The van der Waals surface area contributed by atoms with Gasteiger partial charge in [0, 0.05) is 31.2 Å². The molecular weight excluding hydrogens is 420 g/mol. The highest BCUT2D eigenvalue weighted by atomic mass is 16.2. The second kappa shape index (κ2) is 8.12. The van der Waals surface area contributed by atoms with E-state index in [9.17, 15) is 19.6 Å². The summed E-state index contributed by atoms with van der Waals surface area (Å²) in [5.41, 5.74) is 14.4. The van der Waals surface area contributed by atoms with Crippen molar-refractivity contribution >= 4 is 17.7 Å². The molecule has 1 aromatic rings. The number of fused-ring (bicyclic) bond motifs is 3. The van der Waals surface area contributed by atoms with E-state index in [0.717, 1.165) is 30.4 Å². The fourth-order valence-electron chi connectivity index (χ4n) is 6.29. The smallest absolute Gasteiger partial charge is 0.248 e. The lowest BCUT2D eigenvalue weighted by molar-refractivity contribution is -0.141. The first-order valence-corrected chi connectivity index (χ1v) is 11.7. The first kappa shape index (κ1) is 21.9. The summed E-state index contributed by atoms with van der Waals surface area (Å²) >= 11 is 0. The van der Waals surface area contributed by atoms with E-state index in [-0.39, 0.29) is 35.9 Å². The first-order valence-electron chi connectivity index (χ1n) is 11.7. The van der Waals surface area contributed by atoms with E-state index in [2.05, 4.69) is 6.07 Å². The standard InChI is InChI=1S/C24H30N6O3/c1-13-6-16(9-25)29(10-13)23(32)19(26)12-28-11-17-8-21(28)24(33)30(17)20-5-3-14-7-15(22(27)31)2-4-18(14)20/h2,4,7,13,16-17,19-21H,3,5-6,8,10-12,26H2,1H3,(H2,27,31)/t13?,16?,17-,19?,20-,21?/m0/s1. The quantitative estimate of drug-likeness (QED) is 0.655. The van der Waals surface area contributed by atoms with Gasteiger partial charge in [0.15, 0.2) is 0 Å². The zero-order chi connectivity index (χ0) is 23.4. The number of hydrogen-bond donors (Lipinski definition) is 2. The Hall–Kier alpha value is -2.96. The van der Waals surface area contributed by atoms with Crippen LogP contribution in [-0.2, 0) is 16.0 Å². The minimum atomic E-state index is -0.744. The van der Waals surface area contributed by atoms with Gasteiger partial charge in [0.05, 0.1) is 24.2 Å². The maximum Gasteiger partial charge on any atom is 0.248 e. The van der Waals surface area contributed by atoms with Gasteiger partial charge < -0.3 is 21.3 Å². The Morgan fingerprint density at radius 2 is 2.03 bits per heavy atom. The fourth-order valence-corrected chi connectivity index (χ4v) is 6.29. The van der Waals surface area contributed by atoms with Crippen molar-refractivity contribution in [3.8, 4) is 6.07 Å². The zero-order valence-corrected chi connectivity index (χ0v) is 18.8. The van der Waals surface area contributed by atoms with Gasteiger partial charge in [-0.05, 0) is 54.9 Å². The summed E-state index contributed by atoms with van der Waals surface area (Å²) in [6.45, 7) is 3.61.